The lowest BCUT2D eigenvalue weighted by molar-refractivity contribution is 0.399. The number of piperidine rings is 1. The lowest BCUT2D eigenvalue weighted by atomic mass is 9.89. The summed E-state index contributed by atoms with van der Waals surface area (Å²) in [5, 5.41) is 22.2. The number of hydrogen-bond acceptors (Lipinski definition) is 3. The number of benzene rings is 1. The van der Waals surface area contributed by atoms with E-state index in [0.29, 0.717) is 0 Å². The molecule has 2 rings (SSSR count). The van der Waals surface area contributed by atoms with Crippen molar-refractivity contribution in [2.45, 2.75) is 6.42 Å². The molecule has 0 bridgehead atoms. The zero-order chi connectivity index (χ0) is 9.97. The Kier molecular flexibility index (Phi) is 2.59. The van der Waals surface area contributed by atoms with E-state index in [1.165, 1.54) is 6.07 Å². The molecule has 0 amide bonds. The van der Waals surface area contributed by atoms with Gasteiger partial charge in [-0.3, -0.25) is 0 Å². The summed E-state index contributed by atoms with van der Waals surface area (Å²) in [6.07, 6.45) is 2.93. The fraction of sp³-hybridized carbons (Fsp3) is 0.273. The Balaban J connectivity index is 2.26. The summed E-state index contributed by atoms with van der Waals surface area (Å²) >= 11 is 0. The molecule has 2 radical (unpaired) electrons. The Bertz CT molecular complexity index is 319. The Morgan fingerprint density at radius 2 is 2.07 bits per heavy atom. The molecule has 74 valence electrons. The molecule has 0 unspecified atom stereocenters. The van der Waals surface area contributed by atoms with Crippen LogP contribution in [-0.2, 0) is 0 Å². The van der Waals surface area contributed by atoms with Crippen molar-refractivity contribution in [1.82, 2.24) is 5.32 Å². The first-order valence-corrected chi connectivity index (χ1v) is 4.70. The third-order valence-electron chi connectivity index (χ3n) is 2.42. The maximum absolute atomic E-state index is 9.64. The average molecular weight is 191 g/mol. The van der Waals surface area contributed by atoms with Crippen LogP contribution in [-0.4, -0.2) is 23.3 Å². The Morgan fingerprint density at radius 3 is 2.79 bits per heavy atom. The first-order valence-electron chi connectivity index (χ1n) is 4.70. The normalized spacial score (nSPS) is 18.3. The van der Waals surface area contributed by atoms with Gasteiger partial charge < -0.3 is 15.5 Å². The molecule has 0 spiro atoms. The second-order valence-electron chi connectivity index (χ2n) is 3.36. The fourth-order valence-electron chi connectivity index (χ4n) is 1.66. The van der Waals surface area contributed by atoms with Gasteiger partial charge in [-0.2, -0.15) is 0 Å². The van der Waals surface area contributed by atoms with Gasteiger partial charge >= 0.3 is 0 Å². The minimum absolute atomic E-state index is 0.0133. The number of nitrogens with one attached hydrogen (secondary N) is 1. The number of phenolic OH excluding ortho intramolecular Hbond substituents is 2. The van der Waals surface area contributed by atoms with Gasteiger partial charge in [0.25, 0.3) is 0 Å². The second kappa shape index (κ2) is 3.88. The molecule has 14 heavy (non-hydrogen) atoms. The molecule has 1 aliphatic rings. The highest BCUT2D eigenvalue weighted by Crippen LogP contribution is 2.36. The van der Waals surface area contributed by atoms with Gasteiger partial charge in [0.2, 0.25) is 0 Å². The van der Waals surface area contributed by atoms with Crippen LogP contribution in [0.5, 0.6) is 11.5 Å². The van der Waals surface area contributed by atoms with E-state index in [-0.39, 0.29) is 11.5 Å². The van der Waals surface area contributed by atoms with E-state index >= 15 is 0 Å². The molecule has 1 aromatic rings. The van der Waals surface area contributed by atoms with Gasteiger partial charge in [-0.25, -0.2) is 0 Å². The SMILES string of the molecule is Oc1cccc([C]2[CH]CNCC2)c1O. The van der Waals surface area contributed by atoms with Crippen LogP contribution in [0.15, 0.2) is 18.2 Å². The third-order valence-corrected chi connectivity index (χ3v) is 2.42. The van der Waals surface area contributed by atoms with Crippen molar-refractivity contribution in [1.29, 1.82) is 0 Å². The number of aromatic hydroxyl groups is 2. The molecule has 0 aromatic heterocycles. The Hall–Kier alpha value is -1.22. The van der Waals surface area contributed by atoms with Crippen LogP contribution in [0.25, 0.3) is 0 Å². The van der Waals surface area contributed by atoms with Crippen LogP contribution in [0.3, 0.4) is 0 Å². The third kappa shape index (κ3) is 1.68. The minimum Gasteiger partial charge on any atom is -0.504 e. The van der Waals surface area contributed by atoms with Crippen LogP contribution in [0.2, 0.25) is 0 Å². The molecule has 1 heterocycles. The molecule has 1 aromatic carbocycles. The van der Waals surface area contributed by atoms with E-state index in [0.717, 1.165) is 31.0 Å². The molecular formula is C11H13NO2. The summed E-state index contributed by atoms with van der Waals surface area (Å²) in [5.41, 5.74) is 0.742. The van der Waals surface area contributed by atoms with Crippen LogP contribution in [0.4, 0.5) is 0 Å². The first-order chi connectivity index (χ1) is 6.79. The van der Waals surface area contributed by atoms with Crippen LogP contribution in [0, 0.1) is 12.3 Å². The van der Waals surface area contributed by atoms with Crippen molar-refractivity contribution in [3.8, 4) is 11.5 Å². The number of rotatable bonds is 1. The number of para-hydroxylation sites is 1. The van der Waals surface area contributed by atoms with Crippen LogP contribution < -0.4 is 5.32 Å². The van der Waals surface area contributed by atoms with Gasteiger partial charge in [0.1, 0.15) is 0 Å². The molecule has 3 nitrogen and oxygen atoms in total. The zero-order valence-electron chi connectivity index (χ0n) is 7.83. The molecule has 0 saturated carbocycles. The van der Waals surface area contributed by atoms with Crippen molar-refractivity contribution in [2.75, 3.05) is 13.1 Å². The highest BCUT2D eigenvalue weighted by atomic mass is 16.3. The van der Waals surface area contributed by atoms with Crippen molar-refractivity contribution in [2.24, 2.45) is 0 Å². The summed E-state index contributed by atoms with van der Waals surface area (Å²) in [6.45, 7) is 1.74. The van der Waals surface area contributed by atoms with Gasteiger partial charge in [-0.15, -0.1) is 0 Å². The Morgan fingerprint density at radius 1 is 1.21 bits per heavy atom. The summed E-state index contributed by atoms with van der Waals surface area (Å²) in [7, 11) is 0. The second-order valence-corrected chi connectivity index (χ2v) is 3.36. The molecule has 0 aliphatic carbocycles. The molecule has 3 N–H and O–H groups in total. The van der Waals surface area contributed by atoms with Crippen molar-refractivity contribution in [3.05, 3.63) is 36.1 Å². The fourth-order valence-corrected chi connectivity index (χ4v) is 1.66. The van der Waals surface area contributed by atoms with Gasteiger partial charge in [-0.1, -0.05) is 12.1 Å². The minimum atomic E-state index is -0.0538. The smallest absolute Gasteiger partial charge is 0.161 e. The molecule has 1 aliphatic heterocycles. The molecule has 0 atom stereocenters. The van der Waals surface area contributed by atoms with E-state index < -0.39 is 0 Å². The highest BCUT2D eigenvalue weighted by molar-refractivity contribution is 5.52. The lowest BCUT2D eigenvalue weighted by Gasteiger charge is -2.22. The quantitative estimate of drug-likeness (QED) is 0.585. The number of phenols is 2. The zero-order valence-corrected chi connectivity index (χ0v) is 7.83. The van der Waals surface area contributed by atoms with Gasteiger partial charge in [-0.05, 0) is 32.0 Å². The summed E-state index contributed by atoms with van der Waals surface area (Å²) in [6, 6.07) is 5.06. The average Bonchev–Trinajstić information content (AvgIpc) is 2.23. The highest BCUT2D eigenvalue weighted by Gasteiger charge is 2.20. The lowest BCUT2D eigenvalue weighted by Crippen LogP contribution is -2.27. The maximum atomic E-state index is 9.64. The largest absolute Gasteiger partial charge is 0.504 e. The predicted octanol–water partition coefficient (Wildman–Crippen LogP) is 1.22. The van der Waals surface area contributed by atoms with E-state index in [2.05, 4.69) is 5.32 Å². The van der Waals surface area contributed by atoms with Crippen LogP contribution in [0.1, 0.15) is 12.0 Å². The molecular weight excluding hydrogens is 178 g/mol. The first kappa shape index (κ1) is 9.34. The molecule has 1 saturated heterocycles. The molecule has 1 fully saturated rings. The summed E-state index contributed by atoms with van der Waals surface area (Å²) < 4.78 is 0. The van der Waals surface area contributed by atoms with Gasteiger partial charge in [0.15, 0.2) is 11.5 Å². The predicted molar refractivity (Wildman–Crippen MR) is 53.9 cm³/mol. The van der Waals surface area contributed by atoms with Gasteiger partial charge in [0.05, 0.1) is 0 Å². The molecule has 3 heteroatoms. The van der Waals surface area contributed by atoms with Crippen molar-refractivity contribution >= 4 is 0 Å². The maximum Gasteiger partial charge on any atom is 0.161 e. The monoisotopic (exact) mass is 191 g/mol. The standard InChI is InChI=1S/C11H13NO2/c13-10-3-1-2-9(11(10)14)8-4-6-12-7-5-8/h1-4,12-14H,5-7H2. The summed E-state index contributed by atoms with van der Waals surface area (Å²) in [4.78, 5) is 0. The van der Waals surface area contributed by atoms with E-state index in [1.54, 1.807) is 6.07 Å². The topological polar surface area (TPSA) is 52.5 Å². The van der Waals surface area contributed by atoms with Crippen molar-refractivity contribution < 1.29 is 10.2 Å². The van der Waals surface area contributed by atoms with E-state index in [1.807, 2.05) is 12.5 Å². The van der Waals surface area contributed by atoms with Crippen molar-refractivity contribution in [3.63, 3.8) is 0 Å². The van der Waals surface area contributed by atoms with Gasteiger partial charge in [0, 0.05) is 11.5 Å². The van der Waals surface area contributed by atoms with Crippen LogP contribution >= 0.6 is 0 Å². The summed E-state index contributed by atoms with van der Waals surface area (Å²) in [5.74, 6) is 1.03. The van der Waals surface area contributed by atoms with E-state index in [9.17, 15) is 10.2 Å². The number of hydrogen-bond donors (Lipinski definition) is 3. The van der Waals surface area contributed by atoms with E-state index in [4.69, 9.17) is 0 Å². The Labute approximate surface area is 83.4 Å².